The number of rotatable bonds is 5. The van der Waals surface area contributed by atoms with E-state index in [9.17, 15) is 9.59 Å². The highest BCUT2D eigenvalue weighted by atomic mass is 16.7. The fourth-order valence-corrected chi connectivity index (χ4v) is 9.07. The molecule has 0 radical (unpaired) electrons. The number of nitrogens with zero attached hydrogens (tertiary/aromatic N) is 1. The summed E-state index contributed by atoms with van der Waals surface area (Å²) < 4.78 is 0. The van der Waals surface area contributed by atoms with Crippen LogP contribution in [0.3, 0.4) is 0 Å². The van der Waals surface area contributed by atoms with Gasteiger partial charge in [0, 0.05) is 24.9 Å². The number of carbonyl (C=O) groups excluding carboxylic acids is 2. The molecule has 6 nitrogen and oxygen atoms in total. The van der Waals surface area contributed by atoms with Crippen molar-refractivity contribution in [3.63, 3.8) is 0 Å². The molecule has 8 atom stereocenters. The van der Waals surface area contributed by atoms with E-state index in [1.807, 2.05) is 6.08 Å². The minimum absolute atomic E-state index is 0.215. The van der Waals surface area contributed by atoms with Crippen LogP contribution in [0.15, 0.2) is 16.8 Å². The van der Waals surface area contributed by atoms with Crippen molar-refractivity contribution in [3.05, 3.63) is 11.6 Å². The maximum absolute atomic E-state index is 12.3. The van der Waals surface area contributed by atoms with Gasteiger partial charge in [-0.1, -0.05) is 31.5 Å². The average Bonchev–Trinajstić information content (AvgIpc) is 3.40. The maximum atomic E-state index is 12.3. The minimum Gasteiger partial charge on any atom is -0.320 e. The van der Waals surface area contributed by atoms with Gasteiger partial charge >= 0.3 is 6.09 Å². The number of hydrogen-bond acceptors (Lipinski definition) is 5. The first-order valence-corrected chi connectivity index (χ1v) is 14.2. The molecule has 0 aromatic carbocycles. The third kappa shape index (κ3) is 4.49. The Balaban J connectivity index is 1.19. The lowest BCUT2D eigenvalue weighted by Crippen LogP contribution is -2.51. The Morgan fingerprint density at radius 1 is 1.14 bits per heavy atom. The zero-order chi connectivity index (χ0) is 24.8. The van der Waals surface area contributed by atoms with Crippen molar-refractivity contribution in [2.45, 2.75) is 97.9 Å². The van der Waals surface area contributed by atoms with E-state index in [1.165, 1.54) is 37.7 Å². The van der Waals surface area contributed by atoms with Gasteiger partial charge in [-0.25, -0.2) is 4.79 Å². The van der Waals surface area contributed by atoms with Crippen LogP contribution >= 0.6 is 0 Å². The van der Waals surface area contributed by atoms with E-state index in [2.05, 4.69) is 43.5 Å². The van der Waals surface area contributed by atoms with Crippen molar-refractivity contribution in [1.82, 2.24) is 10.6 Å². The molecule has 1 heterocycles. The molecule has 2 unspecified atom stereocenters. The highest BCUT2D eigenvalue weighted by Crippen LogP contribution is 2.66. The Bertz CT molecular complexity index is 913. The van der Waals surface area contributed by atoms with E-state index in [0.29, 0.717) is 42.0 Å². The quantitative estimate of drug-likeness (QED) is 0.302. The number of amides is 1. The number of fused-ring (bicyclic) bond motifs is 5. The van der Waals surface area contributed by atoms with Crippen molar-refractivity contribution in [3.8, 4) is 0 Å². The Hall–Kier alpha value is -1.69. The van der Waals surface area contributed by atoms with E-state index in [0.717, 1.165) is 50.3 Å². The smallest absolute Gasteiger partial charge is 0.320 e. The molecule has 0 aromatic heterocycles. The first-order chi connectivity index (χ1) is 16.7. The van der Waals surface area contributed by atoms with E-state index in [4.69, 9.17) is 4.84 Å². The molecule has 2 N–H and O–H groups in total. The van der Waals surface area contributed by atoms with Crippen molar-refractivity contribution in [2.75, 3.05) is 13.1 Å². The lowest BCUT2D eigenvalue weighted by molar-refractivity contribution is -0.117. The molecule has 35 heavy (non-hydrogen) atoms. The number of allylic oxidation sites excluding steroid dienone is 1. The van der Waals surface area contributed by atoms with Crippen LogP contribution in [0.2, 0.25) is 0 Å². The van der Waals surface area contributed by atoms with E-state index >= 15 is 0 Å². The summed E-state index contributed by atoms with van der Waals surface area (Å²) in [5.41, 5.74) is 2.84. The predicted octanol–water partition coefficient (Wildman–Crippen LogP) is 5.62. The monoisotopic (exact) mass is 483 g/mol. The highest BCUT2D eigenvalue weighted by molar-refractivity contribution is 5.91. The molecular formula is C29H45N3O3. The second kappa shape index (κ2) is 9.64. The summed E-state index contributed by atoms with van der Waals surface area (Å²) in [6.45, 7) is 10.9. The second-order valence-corrected chi connectivity index (χ2v) is 12.8. The van der Waals surface area contributed by atoms with Crippen LogP contribution in [-0.2, 0) is 9.63 Å². The van der Waals surface area contributed by atoms with Gasteiger partial charge in [-0.05, 0) is 112 Å². The lowest BCUT2D eigenvalue weighted by atomic mass is 9.46. The fraction of sp³-hybridized carbons (Fsp3) is 0.828. The summed E-state index contributed by atoms with van der Waals surface area (Å²) in [6, 6.07) is 0.480. The third-order valence-electron chi connectivity index (χ3n) is 11.2. The van der Waals surface area contributed by atoms with Crippen LogP contribution in [0.5, 0.6) is 0 Å². The molecule has 1 aliphatic heterocycles. The van der Waals surface area contributed by atoms with Crippen molar-refractivity contribution >= 4 is 17.6 Å². The predicted molar refractivity (Wildman–Crippen MR) is 138 cm³/mol. The first kappa shape index (κ1) is 25.0. The number of carbonyl (C=O) groups is 2. The topological polar surface area (TPSA) is 79.8 Å². The number of oxime groups is 1. The minimum atomic E-state index is -0.440. The summed E-state index contributed by atoms with van der Waals surface area (Å²) in [7, 11) is 0. The molecule has 4 aliphatic carbocycles. The van der Waals surface area contributed by atoms with Gasteiger partial charge < -0.3 is 10.6 Å². The summed E-state index contributed by atoms with van der Waals surface area (Å²) in [5, 5.41) is 10.7. The molecule has 0 bridgehead atoms. The van der Waals surface area contributed by atoms with Crippen molar-refractivity contribution in [2.24, 2.45) is 45.6 Å². The molecule has 194 valence electrons. The Morgan fingerprint density at radius 2 is 1.97 bits per heavy atom. The summed E-state index contributed by atoms with van der Waals surface area (Å²) in [5.74, 6) is 3.50. The Kier molecular flexibility index (Phi) is 6.88. The van der Waals surface area contributed by atoms with Gasteiger partial charge in [0.1, 0.15) is 0 Å². The van der Waals surface area contributed by atoms with Gasteiger partial charge in [-0.2, -0.15) is 0 Å². The normalized spacial score (nSPS) is 43.1. The molecule has 3 saturated carbocycles. The van der Waals surface area contributed by atoms with E-state index in [-0.39, 0.29) is 10.8 Å². The van der Waals surface area contributed by atoms with Gasteiger partial charge in [0.15, 0.2) is 5.78 Å². The molecule has 0 aromatic rings. The maximum Gasteiger partial charge on any atom is 0.433 e. The first-order valence-electron chi connectivity index (χ1n) is 14.2. The number of nitrogens with one attached hydrogen (secondary N) is 2. The zero-order valence-electron chi connectivity index (χ0n) is 22.2. The lowest BCUT2D eigenvalue weighted by Gasteiger charge is -2.58. The zero-order valence-corrected chi connectivity index (χ0v) is 22.2. The molecule has 5 aliphatic rings. The second-order valence-electron chi connectivity index (χ2n) is 12.8. The Morgan fingerprint density at radius 3 is 2.74 bits per heavy atom. The summed E-state index contributed by atoms with van der Waals surface area (Å²) >= 11 is 0. The molecule has 4 fully saturated rings. The molecule has 1 saturated heterocycles. The summed E-state index contributed by atoms with van der Waals surface area (Å²) in [6.07, 6.45) is 12.5. The standard InChI is InChI=1S/C29H45N3O3/c1-18-11-15-30-26(18)12-16-31-27(34)35-32-19(2)23-7-8-24-22-6-5-20-17-21(33)9-13-28(20,3)25(22)10-14-29(23,24)4/h17-18,22-26,30H,5-16H2,1-4H3,(H,31,34)/b32-19+/t18?,22-,23+,24-,25-,26?,28-,29+/m0/s1. The van der Waals surface area contributed by atoms with Crippen LogP contribution < -0.4 is 10.6 Å². The van der Waals surface area contributed by atoms with E-state index in [1.54, 1.807) is 0 Å². The Labute approximate surface area is 211 Å². The highest BCUT2D eigenvalue weighted by Gasteiger charge is 2.59. The van der Waals surface area contributed by atoms with Crippen LogP contribution in [0, 0.1) is 40.4 Å². The molecule has 6 heteroatoms. The SMILES string of the molecule is C/C(=N\OC(=O)NCCC1NCCC1C)[C@H]1CC[C@H]2[C@@H]3CCC4=CC(=O)CC[C@]4(C)[C@H]3CC[C@]12C. The van der Waals surface area contributed by atoms with Gasteiger partial charge in [0.25, 0.3) is 0 Å². The average molecular weight is 484 g/mol. The number of ketones is 1. The van der Waals surface area contributed by atoms with Crippen molar-refractivity contribution in [1.29, 1.82) is 0 Å². The van der Waals surface area contributed by atoms with Crippen LogP contribution in [0.25, 0.3) is 0 Å². The number of hydrogen-bond donors (Lipinski definition) is 2. The summed E-state index contributed by atoms with van der Waals surface area (Å²) in [4.78, 5) is 29.7. The van der Waals surface area contributed by atoms with Crippen molar-refractivity contribution < 1.29 is 14.4 Å². The van der Waals surface area contributed by atoms with Gasteiger partial charge in [0.2, 0.25) is 0 Å². The van der Waals surface area contributed by atoms with E-state index < -0.39 is 6.09 Å². The third-order valence-corrected chi connectivity index (χ3v) is 11.2. The van der Waals surface area contributed by atoms with Gasteiger partial charge in [-0.15, -0.1) is 0 Å². The molecule has 1 amide bonds. The fourth-order valence-electron chi connectivity index (χ4n) is 9.07. The van der Waals surface area contributed by atoms with Gasteiger partial charge in [0.05, 0.1) is 5.71 Å². The molecule has 0 spiro atoms. The molecule has 5 rings (SSSR count). The largest absolute Gasteiger partial charge is 0.433 e. The van der Waals surface area contributed by atoms with Crippen LogP contribution in [-0.4, -0.2) is 36.7 Å². The van der Waals surface area contributed by atoms with Crippen LogP contribution in [0.4, 0.5) is 4.79 Å². The van der Waals surface area contributed by atoms with Gasteiger partial charge in [-0.3, -0.25) is 9.63 Å². The molecular weight excluding hydrogens is 438 g/mol. The van der Waals surface area contributed by atoms with Crippen LogP contribution in [0.1, 0.15) is 91.9 Å².